The van der Waals surface area contributed by atoms with Crippen molar-refractivity contribution in [2.45, 2.75) is 39.5 Å². The lowest BCUT2D eigenvalue weighted by atomic mass is 10.1. The second-order valence-corrected chi connectivity index (χ2v) is 2.47. The first-order valence-electron chi connectivity index (χ1n) is 3.68. The molecule has 0 unspecified atom stereocenters. The number of rotatable bonds is 4. The lowest BCUT2D eigenvalue weighted by molar-refractivity contribution is 0.712. The number of unbranched alkanes of at least 4 members (excludes halogenated alkanes) is 2. The predicted octanol–water partition coefficient (Wildman–Crippen LogP) is 2.43. The minimum Gasteiger partial charge on any atom is -0.405 e. The Morgan fingerprint density at radius 1 is 1.44 bits per heavy atom. The Hall–Kier alpha value is -0.460. The van der Waals surface area contributed by atoms with Crippen LogP contribution in [-0.4, -0.2) is 0 Å². The van der Waals surface area contributed by atoms with Gasteiger partial charge in [-0.2, -0.15) is 0 Å². The van der Waals surface area contributed by atoms with Crippen LogP contribution in [0.15, 0.2) is 11.8 Å². The number of hydrogen-bond acceptors (Lipinski definition) is 1. The monoisotopic (exact) mass is 127 g/mol. The van der Waals surface area contributed by atoms with Gasteiger partial charge in [-0.05, 0) is 26.0 Å². The van der Waals surface area contributed by atoms with Crippen LogP contribution in [0.3, 0.4) is 0 Å². The normalized spacial score (nSPS) is 12.0. The maximum atomic E-state index is 5.29. The fourth-order valence-electron chi connectivity index (χ4n) is 0.737. The molecule has 9 heavy (non-hydrogen) atoms. The van der Waals surface area contributed by atoms with Crippen molar-refractivity contribution in [3.8, 4) is 0 Å². The third kappa shape index (κ3) is 5.41. The summed E-state index contributed by atoms with van der Waals surface area (Å²) in [6, 6.07) is 0. The summed E-state index contributed by atoms with van der Waals surface area (Å²) >= 11 is 0. The molecule has 2 N–H and O–H groups in total. The Kier molecular flexibility index (Phi) is 5.38. The van der Waals surface area contributed by atoms with Crippen molar-refractivity contribution in [2.75, 3.05) is 0 Å². The van der Waals surface area contributed by atoms with Crippen LogP contribution in [0.4, 0.5) is 0 Å². The van der Waals surface area contributed by atoms with Gasteiger partial charge in [0.1, 0.15) is 0 Å². The summed E-state index contributed by atoms with van der Waals surface area (Å²) in [6.45, 7) is 4.29. The predicted molar refractivity (Wildman–Crippen MR) is 42.1 cm³/mol. The van der Waals surface area contributed by atoms with Crippen molar-refractivity contribution in [1.29, 1.82) is 0 Å². The van der Waals surface area contributed by atoms with Gasteiger partial charge in [-0.25, -0.2) is 0 Å². The van der Waals surface area contributed by atoms with Gasteiger partial charge in [0.05, 0.1) is 0 Å². The van der Waals surface area contributed by atoms with Crippen LogP contribution in [0.1, 0.15) is 39.5 Å². The molecule has 0 aliphatic rings. The zero-order chi connectivity index (χ0) is 7.11. The molecule has 54 valence electrons. The minimum atomic E-state index is 1.17. The van der Waals surface area contributed by atoms with E-state index in [0.29, 0.717) is 0 Å². The summed E-state index contributed by atoms with van der Waals surface area (Å²) in [5.74, 6) is 0. The Balaban J connectivity index is 3.07. The van der Waals surface area contributed by atoms with E-state index >= 15 is 0 Å². The molecule has 0 bridgehead atoms. The van der Waals surface area contributed by atoms with Crippen LogP contribution in [0.2, 0.25) is 0 Å². The summed E-state index contributed by atoms with van der Waals surface area (Å²) in [6.07, 6.45) is 6.78. The molecule has 0 atom stereocenters. The quantitative estimate of drug-likeness (QED) is 0.577. The highest BCUT2D eigenvalue weighted by molar-refractivity contribution is 4.93. The average molecular weight is 127 g/mol. The van der Waals surface area contributed by atoms with Gasteiger partial charge in [0, 0.05) is 0 Å². The first-order chi connectivity index (χ1) is 4.31. The van der Waals surface area contributed by atoms with Crippen LogP contribution in [0.5, 0.6) is 0 Å². The van der Waals surface area contributed by atoms with Crippen molar-refractivity contribution in [3.05, 3.63) is 11.8 Å². The van der Waals surface area contributed by atoms with E-state index in [1.165, 1.54) is 31.3 Å². The molecule has 1 heteroatoms. The molecule has 0 saturated carbocycles. The zero-order valence-corrected chi connectivity index (χ0v) is 6.48. The van der Waals surface area contributed by atoms with Gasteiger partial charge in [-0.1, -0.05) is 25.3 Å². The van der Waals surface area contributed by atoms with Gasteiger partial charge in [-0.15, -0.1) is 0 Å². The lowest BCUT2D eigenvalue weighted by Gasteiger charge is -1.96. The standard InChI is InChI=1S/C8H17N/c1-3-4-5-6-8(2)7-9/h7H,3-6,9H2,1-2H3/b8-7+. The van der Waals surface area contributed by atoms with Gasteiger partial charge in [0.2, 0.25) is 0 Å². The van der Waals surface area contributed by atoms with Gasteiger partial charge < -0.3 is 5.73 Å². The molecule has 0 amide bonds. The molecule has 1 nitrogen and oxygen atoms in total. The third-order valence-corrected chi connectivity index (χ3v) is 1.46. The van der Waals surface area contributed by atoms with E-state index < -0.39 is 0 Å². The number of allylic oxidation sites excluding steroid dienone is 1. The summed E-state index contributed by atoms with van der Waals surface area (Å²) in [5, 5.41) is 0. The average Bonchev–Trinajstić information content (AvgIpc) is 1.89. The first-order valence-corrected chi connectivity index (χ1v) is 3.68. The molecule has 0 rings (SSSR count). The maximum absolute atomic E-state index is 5.29. The highest BCUT2D eigenvalue weighted by Gasteiger charge is 1.86. The first kappa shape index (κ1) is 8.54. The second kappa shape index (κ2) is 5.67. The zero-order valence-electron chi connectivity index (χ0n) is 6.48. The van der Waals surface area contributed by atoms with Crippen LogP contribution >= 0.6 is 0 Å². The SMILES string of the molecule is CCCCC/C(C)=C/N. The van der Waals surface area contributed by atoms with Crippen LogP contribution in [0, 0.1) is 0 Å². The van der Waals surface area contributed by atoms with E-state index in [1.807, 2.05) is 0 Å². The van der Waals surface area contributed by atoms with Crippen molar-refractivity contribution in [2.24, 2.45) is 5.73 Å². The van der Waals surface area contributed by atoms with Crippen molar-refractivity contribution in [3.63, 3.8) is 0 Å². The van der Waals surface area contributed by atoms with E-state index in [2.05, 4.69) is 13.8 Å². The summed E-state index contributed by atoms with van der Waals surface area (Å²) in [4.78, 5) is 0. The highest BCUT2D eigenvalue weighted by Crippen LogP contribution is 2.05. The van der Waals surface area contributed by atoms with Crippen molar-refractivity contribution >= 4 is 0 Å². The molecule has 0 spiro atoms. The molecular weight excluding hydrogens is 110 g/mol. The van der Waals surface area contributed by atoms with Crippen LogP contribution in [0.25, 0.3) is 0 Å². The van der Waals surface area contributed by atoms with Crippen molar-refractivity contribution < 1.29 is 0 Å². The van der Waals surface area contributed by atoms with Gasteiger partial charge in [0.15, 0.2) is 0 Å². The molecule has 0 aromatic carbocycles. The smallest absolute Gasteiger partial charge is 0.00733 e. The second-order valence-electron chi connectivity index (χ2n) is 2.47. The minimum absolute atomic E-state index is 1.17. The van der Waals surface area contributed by atoms with Crippen molar-refractivity contribution in [1.82, 2.24) is 0 Å². The summed E-state index contributed by atoms with van der Waals surface area (Å²) < 4.78 is 0. The van der Waals surface area contributed by atoms with Gasteiger partial charge in [0.25, 0.3) is 0 Å². The maximum Gasteiger partial charge on any atom is -0.00733 e. The van der Waals surface area contributed by atoms with Crippen LogP contribution < -0.4 is 5.73 Å². The fourth-order valence-corrected chi connectivity index (χ4v) is 0.737. The molecule has 0 radical (unpaired) electrons. The Morgan fingerprint density at radius 2 is 2.11 bits per heavy atom. The van der Waals surface area contributed by atoms with E-state index in [1.54, 1.807) is 6.20 Å². The molecule has 0 saturated heterocycles. The van der Waals surface area contributed by atoms with E-state index in [4.69, 9.17) is 5.73 Å². The molecule has 0 aliphatic heterocycles. The van der Waals surface area contributed by atoms with E-state index in [0.717, 1.165) is 0 Å². The number of nitrogens with two attached hydrogens (primary N) is 1. The Bertz CT molecular complexity index is 84.6. The Morgan fingerprint density at radius 3 is 2.56 bits per heavy atom. The van der Waals surface area contributed by atoms with Crippen LogP contribution in [-0.2, 0) is 0 Å². The number of hydrogen-bond donors (Lipinski definition) is 1. The Labute approximate surface area is 57.9 Å². The molecule has 0 aliphatic carbocycles. The van der Waals surface area contributed by atoms with E-state index in [9.17, 15) is 0 Å². The topological polar surface area (TPSA) is 26.0 Å². The van der Waals surface area contributed by atoms with E-state index in [-0.39, 0.29) is 0 Å². The molecule has 0 heterocycles. The summed E-state index contributed by atoms with van der Waals surface area (Å²) in [7, 11) is 0. The lowest BCUT2D eigenvalue weighted by Crippen LogP contribution is -1.84. The molecule has 0 aromatic rings. The highest BCUT2D eigenvalue weighted by atomic mass is 14.5. The third-order valence-electron chi connectivity index (χ3n) is 1.46. The molecule has 0 fully saturated rings. The largest absolute Gasteiger partial charge is 0.405 e. The molecule has 0 aromatic heterocycles. The van der Waals surface area contributed by atoms with Gasteiger partial charge >= 0.3 is 0 Å². The van der Waals surface area contributed by atoms with Gasteiger partial charge in [-0.3, -0.25) is 0 Å². The summed E-state index contributed by atoms with van der Waals surface area (Å²) in [5.41, 5.74) is 6.60. The molecular formula is C8H17N. The fraction of sp³-hybridized carbons (Fsp3) is 0.750.